The second kappa shape index (κ2) is 8.77. The molecule has 0 radical (unpaired) electrons. The fraction of sp³-hybridized carbons (Fsp3) is 0.300. The van der Waals surface area contributed by atoms with E-state index in [-0.39, 0.29) is 18.5 Å². The topological polar surface area (TPSA) is 61.9 Å². The Bertz CT molecular complexity index is 828. The van der Waals surface area contributed by atoms with E-state index < -0.39 is 0 Å². The van der Waals surface area contributed by atoms with Crippen LogP contribution < -0.4 is 15.0 Å². The highest BCUT2D eigenvalue weighted by atomic mass is 35.5. The van der Waals surface area contributed by atoms with E-state index in [9.17, 15) is 9.59 Å². The van der Waals surface area contributed by atoms with Crippen molar-refractivity contribution in [1.29, 1.82) is 0 Å². The van der Waals surface area contributed by atoms with Crippen molar-refractivity contribution in [3.63, 3.8) is 0 Å². The molecule has 0 aliphatic carbocycles. The predicted octanol–water partition coefficient (Wildman–Crippen LogP) is 2.95. The molecule has 7 heteroatoms. The smallest absolute Gasteiger partial charge is 0.325 e. The van der Waals surface area contributed by atoms with E-state index in [0.29, 0.717) is 31.1 Å². The number of nitrogens with one attached hydrogen (secondary N) is 1. The number of carbonyl (C=O) groups is 2. The molecule has 0 bridgehead atoms. The van der Waals surface area contributed by atoms with Crippen LogP contribution in [-0.2, 0) is 11.2 Å². The molecule has 1 aliphatic rings. The normalized spacial score (nSPS) is 13.8. The van der Waals surface area contributed by atoms with Crippen molar-refractivity contribution in [3.05, 3.63) is 59.1 Å². The number of nitrogens with zero attached hydrogens (tertiary/aromatic N) is 2. The minimum atomic E-state index is -0.183. The Hall–Kier alpha value is -2.73. The highest BCUT2D eigenvalue weighted by Crippen LogP contribution is 2.23. The van der Waals surface area contributed by atoms with Crippen LogP contribution in [0.2, 0.25) is 5.02 Å². The molecule has 27 heavy (non-hydrogen) atoms. The van der Waals surface area contributed by atoms with Crippen LogP contribution in [0.1, 0.15) is 5.56 Å². The molecule has 3 amide bonds. The number of methoxy groups -OCH3 is 1. The number of rotatable bonds is 7. The molecule has 1 aliphatic heterocycles. The molecule has 2 aromatic rings. The summed E-state index contributed by atoms with van der Waals surface area (Å²) >= 11 is 6.00. The third-order valence-corrected chi connectivity index (χ3v) is 4.69. The Morgan fingerprint density at radius 1 is 1.19 bits per heavy atom. The number of para-hydroxylation sites is 1. The second-order valence-corrected chi connectivity index (χ2v) is 6.68. The van der Waals surface area contributed by atoms with Gasteiger partial charge in [0.1, 0.15) is 12.3 Å². The fourth-order valence-corrected chi connectivity index (χ4v) is 3.27. The van der Waals surface area contributed by atoms with E-state index in [1.807, 2.05) is 30.3 Å². The molecule has 1 fully saturated rings. The van der Waals surface area contributed by atoms with Crippen LogP contribution in [0.25, 0.3) is 0 Å². The van der Waals surface area contributed by atoms with Crippen LogP contribution in [-0.4, -0.2) is 50.1 Å². The Balaban J connectivity index is 1.49. The van der Waals surface area contributed by atoms with Crippen molar-refractivity contribution in [2.75, 3.05) is 38.2 Å². The zero-order valence-corrected chi connectivity index (χ0v) is 15.9. The fourth-order valence-electron chi connectivity index (χ4n) is 3.09. The maximum atomic E-state index is 12.5. The molecule has 0 atom stereocenters. The van der Waals surface area contributed by atoms with E-state index in [1.54, 1.807) is 35.1 Å². The van der Waals surface area contributed by atoms with Gasteiger partial charge in [0, 0.05) is 30.3 Å². The standard InChI is InChI=1S/C20H22ClN3O3/c1-27-18-8-3-2-5-15(18)9-10-22-19(25)14-23-11-12-24(20(23)26)17-7-4-6-16(21)13-17/h2-8,13H,9-12,14H2,1H3,(H,22,25). The first-order valence-corrected chi connectivity index (χ1v) is 9.17. The lowest BCUT2D eigenvalue weighted by Crippen LogP contribution is -2.40. The quantitative estimate of drug-likeness (QED) is 0.794. The highest BCUT2D eigenvalue weighted by Gasteiger charge is 2.30. The average Bonchev–Trinajstić information content (AvgIpc) is 3.02. The zero-order chi connectivity index (χ0) is 19.2. The number of hydrogen-bond donors (Lipinski definition) is 1. The summed E-state index contributed by atoms with van der Waals surface area (Å²) in [5, 5.41) is 3.44. The number of carbonyl (C=O) groups excluding carboxylic acids is 2. The van der Waals surface area contributed by atoms with Crippen LogP contribution in [0.3, 0.4) is 0 Å². The summed E-state index contributed by atoms with van der Waals surface area (Å²) in [5.41, 5.74) is 1.77. The summed E-state index contributed by atoms with van der Waals surface area (Å²) in [7, 11) is 1.63. The van der Waals surface area contributed by atoms with Gasteiger partial charge in [0.25, 0.3) is 0 Å². The van der Waals surface area contributed by atoms with Gasteiger partial charge < -0.3 is 15.0 Å². The molecule has 1 saturated heterocycles. The molecular formula is C20H22ClN3O3. The second-order valence-electron chi connectivity index (χ2n) is 6.25. The van der Waals surface area contributed by atoms with Crippen molar-refractivity contribution in [1.82, 2.24) is 10.2 Å². The lowest BCUT2D eigenvalue weighted by atomic mass is 10.1. The molecule has 0 saturated carbocycles. The monoisotopic (exact) mass is 387 g/mol. The Kier molecular flexibility index (Phi) is 6.19. The van der Waals surface area contributed by atoms with Crippen molar-refractivity contribution in [2.45, 2.75) is 6.42 Å². The number of hydrogen-bond acceptors (Lipinski definition) is 3. The Morgan fingerprint density at radius 2 is 2.00 bits per heavy atom. The van der Waals surface area contributed by atoms with Gasteiger partial charge in [-0.05, 0) is 36.2 Å². The van der Waals surface area contributed by atoms with Gasteiger partial charge in [0.2, 0.25) is 5.91 Å². The molecule has 1 N–H and O–H groups in total. The number of halogens is 1. The SMILES string of the molecule is COc1ccccc1CCNC(=O)CN1CCN(c2cccc(Cl)c2)C1=O. The van der Waals surface area contributed by atoms with Gasteiger partial charge in [-0.25, -0.2) is 4.79 Å². The predicted molar refractivity (Wildman–Crippen MR) is 105 cm³/mol. The first kappa shape index (κ1) is 19.0. The highest BCUT2D eigenvalue weighted by molar-refractivity contribution is 6.30. The summed E-state index contributed by atoms with van der Waals surface area (Å²) < 4.78 is 5.31. The third kappa shape index (κ3) is 4.71. The summed E-state index contributed by atoms with van der Waals surface area (Å²) in [5.74, 6) is 0.629. The van der Waals surface area contributed by atoms with Crippen LogP contribution >= 0.6 is 11.6 Å². The van der Waals surface area contributed by atoms with Gasteiger partial charge in [0.15, 0.2) is 0 Å². The summed E-state index contributed by atoms with van der Waals surface area (Å²) in [6.45, 7) is 1.57. The summed E-state index contributed by atoms with van der Waals surface area (Å²) in [6, 6.07) is 14.7. The van der Waals surface area contributed by atoms with Crippen LogP contribution in [0, 0.1) is 0 Å². The number of urea groups is 1. The van der Waals surface area contributed by atoms with Crippen LogP contribution in [0.4, 0.5) is 10.5 Å². The van der Waals surface area contributed by atoms with Gasteiger partial charge in [-0.3, -0.25) is 9.69 Å². The number of amides is 3. The molecule has 3 rings (SSSR count). The molecule has 0 spiro atoms. The average molecular weight is 388 g/mol. The number of benzene rings is 2. The van der Waals surface area contributed by atoms with Gasteiger partial charge in [-0.15, -0.1) is 0 Å². The molecule has 0 unspecified atom stereocenters. The molecule has 1 heterocycles. The van der Waals surface area contributed by atoms with Crippen molar-refractivity contribution < 1.29 is 14.3 Å². The van der Waals surface area contributed by atoms with Gasteiger partial charge >= 0.3 is 6.03 Å². The molecule has 0 aromatic heterocycles. The Labute approximate surface area is 163 Å². The largest absolute Gasteiger partial charge is 0.496 e. The van der Waals surface area contributed by atoms with Gasteiger partial charge in [0.05, 0.1) is 7.11 Å². The van der Waals surface area contributed by atoms with Crippen LogP contribution in [0.5, 0.6) is 5.75 Å². The molecule has 6 nitrogen and oxygen atoms in total. The summed E-state index contributed by atoms with van der Waals surface area (Å²) in [4.78, 5) is 27.9. The lowest BCUT2D eigenvalue weighted by molar-refractivity contribution is -0.121. The van der Waals surface area contributed by atoms with E-state index in [2.05, 4.69) is 5.32 Å². The van der Waals surface area contributed by atoms with E-state index in [4.69, 9.17) is 16.3 Å². The van der Waals surface area contributed by atoms with Crippen molar-refractivity contribution in [2.24, 2.45) is 0 Å². The first-order valence-electron chi connectivity index (χ1n) is 8.79. The van der Waals surface area contributed by atoms with E-state index >= 15 is 0 Å². The van der Waals surface area contributed by atoms with Gasteiger partial charge in [-0.2, -0.15) is 0 Å². The third-order valence-electron chi connectivity index (χ3n) is 4.46. The van der Waals surface area contributed by atoms with E-state index in [1.165, 1.54) is 0 Å². The molecule has 2 aromatic carbocycles. The minimum absolute atomic E-state index is 0.0435. The van der Waals surface area contributed by atoms with Gasteiger partial charge in [-0.1, -0.05) is 35.9 Å². The molecular weight excluding hydrogens is 366 g/mol. The maximum absolute atomic E-state index is 12.5. The lowest BCUT2D eigenvalue weighted by Gasteiger charge is -2.18. The minimum Gasteiger partial charge on any atom is -0.496 e. The zero-order valence-electron chi connectivity index (χ0n) is 15.2. The number of ether oxygens (including phenoxy) is 1. The summed E-state index contributed by atoms with van der Waals surface area (Å²) in [6.07, 6.45) is 0.665. The Morgan fingerprint density at radius 3 is 2.78 bits per heavy atom. The molecule has 142 valence electrons. The number of anilines is 1. The van der Waals surface area contributed by atoms with Crippen molar-refractivity contribution in [3.8, 4) is 5.75 Å². The maximum Gasteiger partial charge on any atom is 0.325 e. The van der Waals surface area contributed by atoms with Crippen molar-refractivity contribution >= 4 is 29.2 Å². The van der Waals surface area contributed by atoms with E-state index in [0.717, 1.165) is 17.0 Å². The van der Waals surface area contributed by atoms with Crippen LogP contribution in [0.15, 0.2) is 48.5 Å². The first-order chi connectivity index (χ1) is 13.1.